The van der Waals surface area contributed by atoms with E-state index in [4.69, 9.17) is 5.11 Å². The Bertz CT molecular complexity index is 241. The number of hydrogen-bond acceptors (Lipinski definition) is 1. The molecule has 0 spiro atoms. The molecule has 0 aromatic carbocycles. The Morgan fingerprint density at radius 3 is 2.00 bits per heavy atom. The van der Waals surface area contributed by atoms with Gasteiger partial charge < -0.3 is 5.11 Å². The maximum absolute atomic E-state index is 10.3. The van der Waals surface area contributed by atoms with Crippen LogP contribution >= 0.6 is 0 Å². The molecule has 104 valence electrons. The van der Waals surface area contributed by atoms with Crippen molar-refractivity contribution in [3.8, 4) is 0 Å². The lowest BCUT2D eigenvalue weighted by atomic mass is 10.1. The van der Waals surface area contributed by atoms with Gasteiger partial charge in [0.05, 0.1) is 0 Å². The van der Waals surface area contributed by atoms with Crippen LogP contribution in [-0.4, -0.2) is 11.1 Å². The SMILES string of the molecule is C/C=C\C=C/CCCCCCCCCCC(=O)O. The molecular weight excluding hydrogens is 224 g/mol. The van der Waals surface area contributed by atoms with E-state index in [-0.39, 0.29) is 0 Å². The van der Waals surface area contributed by atoms with E-state index in [2.05, 4.69) is 18.2 Å². The molecule has 0 aliphatic heterocycles. The van der Waals surface area contributed by atoms with Gasteiger partial charge in [0.25, 0.3) is 0 Å². The highest BCUT2D eigenvalue weighted by Crippen LogP contribution is 2.10. The first kappa shape index (κ1) is 16.9. The number of hydrogen-bond donors (Lipinski definition) is 1. The molecule has 0 aliphatic rings. The molecule has 0 atom stereocenters. The summed E-state index contributed by atoms with van der Waals surface area (Å²) in [7, 11) is 0. The van der Waals surface area contributed by atoms with E-state index in [1.807, 2.05) is 13.0 Å². The summed E-state index contributed by atoms with van der Waals surface area (Å²) in [6.07, 6.45) is 19.5. The van der Waals surface area contributed by atoms with Crippen molar-refractivity contribution in [3.63, 3.8) is 0 Å². The van der Waals surface area contributed by atoms with Crippen molar-refractivity contribution in [2.75, 3.05) is 0 Å². The quantitative estimate of drug-likeness (QED) is 0.387. The van der Waals surface area contributed by atoms with Gasteiger partial charge in [-0.2, -0.15) is 0 Å². The maximum atomic E-state index is 10.3. The second-order valence-electron chi connectivity index (χ2n) is 4.71. The topological polar surface area (TPSA) is 37.3 Å². The van der Waals surface area contributed by atoms with E-state index in [9.17, 15) is 4.79 Å². The number of carboxylic acid groups (broad SMARTS) is 1. The third kappa shape index (κ3) is 14.9. The zero-order chi connectivity index (χ0) is 13.5. The molecule has 2 heteroatoms. The van der Waals surface area contributed by atoms with E-state index in [0.717, 1.165) is 12.8 Å². The summed E-state index contributed by atoms with van der Waals surface area (Å²) in [5.41, 5.74) is 0. The first-order valence-electron chi connectivity index (χ1n) is 7.27. The number of unbranched alkanes of at least 4 members (excludes halogenated alkanes) is 8. The van der Waals surface area contributed by atoms with Gasteiger partial charge in [0.2, 0.25) is 0 Å². The summed E-state index contributed by atoms with van der Waals surface area (Å²) in [5, 5.41) is 8.48. The van der Waals surface area contributed by atoms with Crippen molar-refractivity contribution < 1.29 is 9.90 Å². The van der Waals surface area contributed by atoms with E-state index in [0.29, 0.717) is 6.42 Å². The van der Waals surface area contributed by atoms with Crippen LogP contribution in [-0.2, 0) is 4.79 Å². The monoisotopic (exact) mass is 252 g/mol. The minimum absolute atomic E-state index is 0.332. The Kier molecular flexibility index (Phi) is 13.2. The predicted octanol–water partition coefficient (Wildman–Crippen LogP) is 5.10. The summed E-state index contributed by atoms with van der Waals surface area (Å²) in [5.74, 6) is -0.666. The van der Waals surface area contributed by atoms with E-state index < -0.39 is 5.97 Å². The van der Waals surface area contributed by atoms with Crippen molar-refractivity contribution in [1.82, 2.24) is 0 Å². The lowest BCUT2D eigenvalue weighted by Gasteiger charge is -2.00. The molecule has 0 amide bonds. The third-order valence-electron chi connectivity index (χ3n) is 2.95. The number of aliphatic carboxylic acids is 1. The van der Waals surface area contributed by atoms with Crippen molar-refractivity contribution in [3.05, 3.63) is 24.3 Å². The predicted molar refractivity (Wildman–Crippen MR) is 77.8 cm³/mol. The summed E-state index contributed by atoms with van der Waals surface area (Å²) in [6.45, 7) is 2.03. The average Bonchev–Trinajstić information content (AvgIpc) is 2.34. The first-order chi connectivity index (χ1) is 8.77. The fourth-order valence-electron chi connectivity index (χ4n) is 1.88. The zero-order valence-corrected chi connectivity index (χ0v) is 11.7. The van der Waals surface area contributed by atoms with E-state index in [1.54, 1.807) is 0 Å². The van der Waals surface area contributed by atoms with Crippen LogP contribution in [0, 0.1) is 0 Å². The molecule has 0 unspecified atom stereocenters. The number of carboxylic acids is 1. The van der Waals surface area contributed by atoms with Crippen LogP contribution in [0.1, 0.15) is 71.1 Å². The van der Waals surface area contributed by atoms with Gasteiger partial charge >= 0.3 is 5.97 Å². The van der Waals surface area contributed by atoms with Gasteiger partial charge in [-0.15, -0.1) is 0 Å². The fourth-order valence-corrected chi connectivity index (χ4v) is 1.88. The Hall–Kier alpha value is -1.05. The van der Waals surface area contributed by atoms with Gasteiger partial charge in [-0.3, -0.25) is 4.79 Å². The minimum Gasteiger partial charge on any atom is -0.481 e. The van der Waals surface area contributed by atoms with Crippen LogP contribution in [0.4, 0.5) is 0 Å². The Morgan fingerprint density at radius 1 is 0.889 bits per heavy atom. The number of rotatable bonds is 12. The molecule has 0 rings (SSSR count). The van der Waals surface area contributed by atoms with E-state index in [1.165, 1.54) is 44.9 Å². The molecule has 0 heterocycles. The lowest BCUT2D eigenvalue weighted by Crippen LogP contribution is -1.93. The van der Waals surface area contributed by atoms with Gasteiger partial charge in [-0.25, -0.2) is 0 Å². The molecule has 1 N–H and O–H groups in total. The molecule has 2 nitrogen and oxygen atoms in total. The second kappa shape index (κ2) is 14.0. The van der Waals surface area contributed by atoms with E-state index >= 15 is 0 Å². The molecule has 0 aromatic rings. The first-order valence-corrected chi connectivity index (χ1v) is 7.27. The van der Waals surface area contributed by atoms with Crippen LogP contribution in [0.5, 0.6) is 0 Å². The summed E-state index contributed by atoms with van der Waals surface area (Å²) in [6, 6.07) is 0. The average molecular weight is 252 g/mol. The zero-order valence-electron chi connectivity index (χ0n) is 11.7. The lowest BCUT2D eigenvalue weighted by molar-refractivity contribution is -0.137. The van der Waals surface area contributed by atoms with Crippen molar-refractivity contribution in [2.45, 2.75) is 71.1 Å². The highest BCUT2D eigenvalue weighted by molar-refractivity contribution is 5.66. The van der Waals surface area contributed by atoms with Crippen LogP contribution in [0.15, 0.2) is 24.3 Å². The van der Waals surface area contributed by atoms with Crippen LogP contribution in [0.2, 0.25) is 0 Å². The largest absolute Gasteiger partial charge is 0.481 e. The summed E-state index contributed by atoms with van der Waals surface area (Å²) in [4.78, 5) is 10.3. The summed E-state index contributed by atoms with van der Waals surface area (Å²) < 4.78 is 0. The molecule has 18 heavy (non-hydrogen) atoms. The Morgan fingerprint density at radius 2 is 1.44 bits per heavy atom. The van der Waals surface area contributed by atoms with Gasteiger partial charge in [-0.05, 0) is 26.2 Å². The molecule has 0 aromatic heterocycles. The second-order valence-corrected chi connectivity index (χ2v) is 4.71. The number of allylic oxidation sites excluding steroid dienone is 4. The Balaban J connectivity index is 3.05. The van der Waals surface area contributed by atoms with Crippen molar-refractivity contribution >= 4 is 5.97 Å². The fraction of sp³-hybridized carbons (Fsp3) is 0.688. The molecular formula is C16H28O2. The van der Waals surface area contributed by atoms with Crippen LogP contribution in [0.25, 0.3) is 0 Å². The highest BCUT2D eigenvalue weighted by atomic mass is 16.4. The van der Waals surface area contributed by atoms with Gasteiger partial charge in [0, 0.05) is 6.42 Å². The third-order valence-corrected chi connectivity index (χ3v) is 2.95. The standard InChI is InChI=1S/C16H28O2/c1-2-3-4-5-6-7-8-9-10-11-12-13-14-15-16(17)18/h2-5H,6-15H2,1H3,(H,17,18)/b3-2-,5-4-. The van der Waals surface area contributed by atoms with Crippen molar-refractivity contribution in [1.29, 1.82) is 0 Å². The number of carbonyl (C=O) groups is 1. The maximum Gasteiger partial charge on any atom is 0.303 e. The smallest absolute Gasteiger partial charge is 0.303 e. The molecule has 0 fully saturated rings. The van der Waals surface area contributed by atoms with Crippen LogP contribution in [0.3, 0.4) is 0 Å². The van der Waals surface area contributed by atoms with Gasteiger partial charge in [0.1, 0.15) is 0 Å². The molecule has 0 saturated heterocycles. The molecule has 0 saturated carbocycles. The van der Waals surface area contributed by atoms with Gasteiger partial charge in [0.15, 0.2) is 0 Å². The van der Waals surface area contributed by atoms with Crippen molar-refractivity contribution in [2.24, 2.45) is 0 Å². The normalized spacial score (nSPS) is 11.6. The summed E-state index contributed by atoms with van der Waals surface area (Å²) >= 11 is 0. The molecule has 0 bridgehead atoms. The van der Waals surface area contributed by atoms with Gasteiger partial charge in [-0.1, -0.05) is 62.8 Å². The minimum atomic E-state index is -0.666. The molecule has 0 radical (unpaired) electrons. The highest BCUT2D eigenvalue weighted by Gasteiger charge is 1.96. The molecule has 0 aliphatic carbocycles. The Labute approximate surface area is 112 Å². The van der Waals surface area contributed by atoms with Crippen LogP contribution < -0.4 is 0 Å².